The van der Waals surface area contributed by atoms with Crippen molar-refractivity contribution in [1.29, 1.82) is 0 Å². The van der Waals surface area contributed by atoms with Gasteiger partial charge in [-0.1, -0.05) is 61.9 Å². The predicted octanol–water partition coefficient (Wildman–Crippen LogP) is 4.70. The number of carboxylic acids is 1. The third-order valence-corrected chi connectivity index (χ3v) is 7.21. The second-order valence-corrected chi connectivity index (χ2v) is 9.68. The van der Waals surface area contributed by atoms with Gasteiger partial charge in [-0.3, -0.25) is 9.59 Å². The van der Waals surface area contributed by atoms with Gasteiger partial charge >= 0.3 is 12.1 Å². The van der Waals surface area contributed by atoms with Gasteiger partial charge in [0.1, 0.15) is 6.61 Å². The van der Waals surface area contributed by atoms with Gasteiger partial charge in [-0.25, -0.2) is 4.79 Å². The summed E-state index contributed by atoms with van der Waals surface area (Å²) in [6.45, 7) is 2.37. The Kier molecular flexibility index (Phi) is 8.06. The fraction of sp³-hybridized carbons (Fsp3) is 0.464. The highest BCUT2D eigenvalue weighted by Crippen LogP contribution is 2.44. The predicted molar refractivity (Wildman–Crippen MR) is 133 cm³/mol. The van der Waals surface area contributed by atoms with Crippen LogP contribution in [0.2, 0.25) is 0 Å². The standard InChI is InChI=1S/C28H34N2O5/c1-2-7-19(27(32)33)16-29-26(31)15-18-12-13-20(14-18)30-28(34)35-17-25-23-10-5-3-8-21(23)22-9-4-6-11-24(22)25/h3-6,8-11,18-20,25H,2,7,12-17H2,1H3,(H,29,31)(H,30,34)(H,32,33)/t18-,19?,20+/m0/s1. The summed E-state index contributed by atoms with van der Waals surface area (Å²) in [5, 5.41) is 15.0. The van der Waals surface area contributed by atoms with Crippen LogP contribution in [0.25, 0.3) is 11.1 Å². The van der Waals surface area contributed by atoms with E-state index < -0.39 is 18.0 Å². The maximum atomic E-state index is 12.5. The van der Waals surface area contributed by atoms with Crippen LogP contribution in [0, 0.1) is 11.8 Å². The van der Waals surface area contributed by atoms with Crippen LogP contribution in [-0.4, -0.2) is 42.3 Å². The van der Waals surface area contributed by atoms with Crippen molar-refractivity contribution in [3.8, 4) is 11.1 Å². The number of benzene rings is 2. The van der Waals surface area contributed by atoms with Gasteiger partial charge in [0.25, 0.3) is 0 Å². The molecule has 35 heavy (non-hydrogen) atoms. The zero-order valence-corrected chi connectivity index (χ0v) is 20.2. The van der Waals surface area contributed by atoms with Crippen LogP contribution in [0.15, 0.2) is 48.5 Å². The molecule has 7 nitrogen and oxygen atoms in total. The molecule has 0 spiro atoms. The molecule has 1 unspecified atom stereocenters. The summed E-state index contributed by atoms with van der Waals surface area (Å²) in [5.74, 6) is -1.35. The molecular weight excluding hydrogens is 444 g/mol. The molecule has 2 aliphatic carbocycles. The van der Waals surface area contributed by atoms with E-state index in [-0.39, 0.29) is 36.9 Å². The van der Waals surface area contributed by atoms with E-state index in [1.165, 1.54) is 22.3 Å². The van der Waals surface area contributed by atoms with E-state index >= 15 is 0 Å². The van der Waals surface area contributed by atoms with Gasteiger partial charge in [-0.2, -0.15) is 0 Å². The Balaban J connectivity index is 1.22. The molecule has 7 heteroatoms. The van der Waals surface area contributed by atoms with Crippen LogP contribution in [0.5, 0.6) is 0 Å². The molecule has 3 N–H and O–H groups in total. The first-order valence-electron chi connectivity index (χ1n) is 12.6. The van der Waals surface area contributed by atoms with Gasteiger partial charge in [0.05, 0.1) is 5.92 Å². The Morgan fingerprint density at radius 2 is 1.69 bits per heavy atom. The number of nitrogens with one attached hydrogen (secondary N) is 2. The molecule has 4 rings (SSSR count). The van der Waals surface area contributed by atoms with Crippen molar-refractivity contribution in [2.45, 2.75) is 57.4 Å². The zero-order valence-electron chi connectivity index (χ0n) is 20.2. The number of aliphatic carboxylic acids is 1. The molecule has 2 aromatic rings. The molecule has 0 aliphatic heterocycles. The van der Waals surface area contributed by atoms with Gasteiger partial charge in [-0.15, -0.1) is 0 Å². The number of alkyl carbamates (subject to hydrolysis) is 1. The number of carbonyl (C=O) groups is 3. The number of fused-ring (bicyclic) bond motifs is 3. The largest absolute Gasteiger partial charge is 0.481 e. The van der Waals surface area contributed by atoms with Crippen molar-refractivity contribution in [3.05, 3.63) is 59.7 Å². The van der Waals surface area contributed by atoms with E-state index in [2.05, 4.69) is 34.9 Å². The van der Waals surface area contributed by atoms with Crippen molar-refractivity contribution in [3.63, 3.8) is 0 Å². The lowest BCUT2D eigenvalue weighted by Crippen LogP contribution is -2.35. The monoisotopic (exact) mass is 478 g/mol. The molecule has 0 aromatic heterocycles. The second-order valence-electron chi connectivity index (χ2n) is 9.68. The fourth-order valence-corrected chi connectivity index (χ4v) is 5.43. The number of hydrogen-bond acceptors (Lipinski definition) is 4. The Bertz CT molecular complexity index is 1020. The van der Waals surface area contributed by atoms with Crippen molar-refractivity contribution >= 4 is 18.0 Å². The molecule has 0 heterocycles. The summed E-state index contributed by atoms with van der Waals surface area (Å²) in [6, 6.07) is 16.5. The quantitative estimate of drug-likeness (QED) is 0.459. The third kappa shape index (κ3) is 6.02. The molecule has 0 saturated heterocycles. The topological polar surface area (TPSA) is 105 Å². The van der Waals surface area contributed by atoms with Crippen molar-refractivity contribution < 1.29 is 24.2 Å². The van der Waals surface area contributed by atoms with E-state index in [4.69, 9.17) is 4.74 Å². The van der Waals surface area contributed by atoms with Crippen LogP contribution in [0.4, 0.5) is 4.79 Å². The summed E-state index contributed by atoms with van der Waals surface area (Å²) in [7, 11) is 0. The first kappa shape index (κ1) is 24.8. The first-order valence-corrected chi connectivity index (χ1v) is 12.6. The maximum Gasteiger partial charge on any atom is 0.407 e. The van der Waals surface area contributed by atoms with Crippen molar-refractivity contribution in [2.75, 3.05) is 13.2 Å². The molecule has 2 amide bonds. The summed E-state index contributed by atoms with van der Waals surface area (Å²) in [5.41, 5.74) is 4.74. The maximum absolute atomic E-state index is 12.5. The van der Waals surface area contributed by atoms with Crippen molar-refractivity contribution in [2.24, 2.45) is 11.8 Å². The number of carboxylic acid groups (broad SMARTS) is 1. The van der Waals surface area contributed by atoms with Gasteiger partial charge in [0.2, 0.25) is 5.91 Å². The lowest BCUT2D eigenvalue weighted by Gasteiger charge is -2.17. The van der Waals surface area contributed by atoms with E-state index in [1.807, 2.05) is 31.2 Å². The lowest BCUT2D eigenvalue weighted by atomic mass is 9.98. The van der Waals surface area contributed by atoms with Crippen LogP contribution in [0.1, 0.15) is 62.5 Å². The van der Waals surface area contributed by atoms with Gasteiger partial charge < -0.3 is 20.5 Å². The molecule has 0 bridgehead atoms. The van der Waals surface area contributed by atoms with Crippen LogP contribution in [-0.2, 0) is 14.3 Å². The van der Waals surface area contributed by atoms with Gasteiger partial charge in [0, 0.05) is 24.9 Å². The molecule has 0 radical (unpaired) electrons. The second kappa shape index (κ2) is 11.4. The fourth-order valence-electron chi connectivity index (χ4n) is 5.43. The average Bonchev–Trinajstić information content (AvgIpc) is 3.42. The Morgan fingerprint density at radius 1 is 1.03 bits per heavy atom. The number of hydrogen-bond donors (Lipinski definition) is 3. The molecule has 186 valence electrons. The molecule has 2 aliphatic rings. The Morgan fingerprint density at radius 3 is 2.31 bits per heavy atom. The summed E-state index contributed by atoms with van der Waals surface area (Å²) in [4.78, 5) is 36.1. The zero-order chi connectivity index (χ0) is 24.8. The van der Waals surface area contributed by atoms with Gasteiger partial charge in [-0.05, 0) is 53.9 Å². The number of ether oxygens (including phenoxy) is 1. The van der Waals surface area contributed by atoms with E-state index in [9.17, 15) is 19.5 Å². The van der Waals surface area contributed by atoms with E-state index in [0.717, 1.165) is 25.7 Å². The highest BCUT2D eigenvalue weighted by atomic mass is 16.5. The highest BCUT2D eigenvalue weighted by molar-refractivity contribution is 5.79. The SMILES string of the molecule is CCCC(CNC(=O)C[C@H]1CC[C@@H](NC(=O)OCC2c3ccccc3-c3ccccc32)C1)C(=O)O. The lowest BCUT2D eigenvalue weighted by molar-refractivity contribution is -0.142. The first-order chi connectivity index (χ1) is 17.0. The molecule has 3 atom stereocenters. The molecule has 1 saturated carbocycles. The van der Waals surface area contributed by atoms with Crippen molar-refractivity contribution in [1.82, 2.24) is 10.6 Å². The molecule has 2 aromatic carbocycles. The van der Waals surface area contributed by atoms with E-state index in [0.29, 0.717) is 12.8 Å². The summed E-state index contributed by atoms with van der Waals surface area (Å²) in [6.07, 6.45) is 3.60. The summed E-state index contributed by atoms with van der Waals surface area (Å²) >= 11 is 0. The minimum Gasteiger partial charge on any atom is -0.481 e. The smallest absolute Gasteiger partial charge is 0.407 e. The minimum atomic E-state index is -0.875. The van der Waals surface area contributed by atoms with Gasteiger partial charge in [0.15, 0.2) is 0 Å². The number of carbonyl (C=O) groups excluding carboxylic acids is 2. The Hall–Kier alpha value is -3.35. The average molecular weight is 479 g/mol. The number of amides is 2. The summed E-state index contributed by atoms with van der Waals surface area (Å²) < 4.78 is 5.64. The molecular formula is C28H34N2O5. The van der Waals surface area contributed by atoms with Crippen LogP contribution >= 0.6 is 0 Å². The van der Waals surface area contributed by atoms with Crippen LogP contribution < -0.4 is 10.6 Å². The van der Waals surface area contributed by atoms with E-state index in [1.54, 1.807) is 0 Å². The van der Waals surface area contributed by atoms with Crippen LogP contribution in [0.3, 0.4) is 0 Å². The number of rotatable bonds is 10. The molecule has 1 fully saturated rings. The highest BCUT2D eigenvalue weighted by Gasteiger charge is 2.31. The third-order valence-electron chi connectivity index (χ3n) is 7.21. The normalized spacial score (nSPS) is 19.5. The Labute approximate surface area is 206 Å². The minimum absolute atomic E-state index is 0.0182.